The predicted molar refractivity (Wildman–Crippen MR) is 69.2 cm³/mol. The van der Waals surface area contributed by atoms with Gasteiger partial charge in [-0.3, -0.25) is 0 Å². The Morgan fingerprint density at radius 1 is 1.12 bits per heavy atom. The van der Waals surface area contributed by atoms with E-state index >= 15 is 0 Å². The molecule has 84 valence electrons. The number of halogens is 1. The molecule has 3 aromatic rings. The van der Waals surface area contributed by atoms with Gasteiger partial charge in [-0.2, -0.15) is 0 Å². The van der Waals surface area contributed by atoms with Gasteiger partial charge < -0.3 is 4.42 Å². The maximum absolute atomic E-state index is 6.00. The molecule has 0 aliphatic heterocycles. The number of hydrogen-bond donors (Lipinski definition) is 0. The summed E-state index contributed by atoms with van der Waals surface area (Å²) in [7, 11) is 0. The molecular weight excluding hydrogens is 234 g/mol. The van der Waals surface area contributed by atoms with Gasteiger partial charge in [-0.15, -0.1) is 0 Å². The van der Waals surface area contributed by atoms with Gasteiger partial charge in [0.15, 0.2) is 5.58 Å². The quantitative estimate of drug-likeness (QED) is 0.631. The lowest BCUT2D eigenvalue weighted by atomic mass is 10.1. The van der Waals surface area contributed by atoms with Crippen LogP contribution >= 0.6 is 11.6 Å². The van der Waals surface area contributed by atoms with Crippen molar-refractivity contribution in [3.8, 4) is 11.5 Å². The van der Waals surface area contributed by atoms with E-state index in [-0.39, 0.29) is 0 Å². The molecule has 0 amide bonds. The molecule has 1 heterocycles. The number of benzene rings is 2. The SMILES string of the molecule is Cc1cc(-c2nc3ccccc3o2)ccc1Cl. The summed E-state index contributed by atoms with van der Waals surface area (Å²) in [4.78, 5) is 4.44. The molecule has 0 bridgehead atoms. The maximum Gasteiger partial charge on any atom is 0.227 e. The molecule has 0 saturated carbocycles. The fraction of sp³-hybridized carbons (Fsp3) is 0.0714. The molecule has 3 heteroatoms. The van der Waals surface area contributed by atoms with E-state index in [1.165, 1.54) is 0 Å². The van der Waals surface area contributed by atoms with Gasteiger partial charge in [-0.05, 0) is 42.8 Å². The molecule has 0 spiro atoms. The van der Waals surface area contributed by atoms with E-state index in [0.29, 0.717) is 5.89 Å². The molecule has 0 aliphatic carbocycles. The van der Waals surface area contributed by atoms with Crippen LogP contribution in [0.25, 0.3) is 22.6 Å². The van der Waals surface area contributed by atoms with Gasteiger partial charge in [0.2, 0.25) is 5.89 Å². The van der Waals surface area contributed by atoms with Crippen LogP contribution in [0.3, 0.4) is 0 Å². The summed E-state index contributed by atoms with van der Waals surface area (Å²) in [5.74, 6) is 0.631. The number of aromatic nitrogens is 1. The van der Waals surface area contributed by atoms with Gasteiger partial charge in [0.1, 0.15) is 5.52 Å². The van der Waals surface area contributed by atoms with E-state index in [1.807, 2.05) is 49.4 Å². The van der Waals surface area contributed by atoms with Crippen LogP contribution in [0, 0.1) is 6.92 Å². The van der Waals surface area contributed by atoms with Gasteiger partial charge >= 0.3 is 0 Å². The normalized spacial score (nSPS) is 10.9. The third-order valence-corrected chi connectivity index (χ3v) is 3.12. The number of para-hydroxylation sites is 2. The predicted octanol–water partition coefficient (Wildman–Crippen LogP) is 4.46. The first-order valence-electron chi connectivity index (χ1n) is 5.36. The summed E-state index contributed by atoms with van der Waals surface area (Å²) < 4.78 is 5.69. The molecule has 0 fully saturated rings. The molecule has 3 rings (SSSR count). The van der Waals surface area contributed by atoms with E-state index in [1.54, 1.807) is 0 Å². The second-order valence-electron chi connectivity index (χ2n) is 3.95. The second kappa shape index (κ2) is 3.90. The molecule has 17 heavy (non-hydrogen) atoms. The maximum atomic E-state index is 6.00. The van der Waals surface area contributed by atoms with Crippen LogP contribution in [0.2, 0.25) is 5.02 Å². The van der Waals surface area contributed by atoms with E-state index in [0.717, 1.165) is 27.2 Å². The zero-order valence-corrected chi connectivity index (χ0v) is 10.0. The Hall–Kier alpha value is -1.80. The minimum atomic E-state index is 0.631. The van der Waals surface area contributed by atoms with Crippen molar-refractivity contribution in [2.24, 2.45) is 0 Å². The third kappa shape index (κ3) is 1.81. The molecule has 2 aromatic carbocycles. The van der Waals surface area contributed by atoms with Crippen LogP contribution in [0.1, 0.15) is 5.56 Å². The lowest BCUT2D eigenvalue weighted by Crippen LogP contribution is -1.80. The van der Waals surface area contributed by atoms with Crippen molar-refractivity contribution in [1.82, 2.24) is 4.98 Å². The van der Waals surface area contributed by atoms with Crippen molar-refractivity contribution < 1.29 is 4.42 Å². The molecule has 0 N–H and O–H groups in total. The van der Waals surface area contributed by atoms with Crippen molar-refractivity contribution in [2.45, 2.75) is 6.92 Å². The summed E-state index contributed by atoms with van der Waals surface area (Å²) in [6.07, 6.45) is 0. The monoisotopic (exact) mass is 243 g/mol. The Bertz CT molecular complexity index is 655. The first kappa shape index (κ1) is 10.4. The fourth-order valence-electron chi connectivity index (χ4n) is 1.77. The average Bonchev–Trinajstić information content (AvgIpc) is 2.76. The zero-order chi connectivity index (χ0) is 11.8. The molecule has 1 aromatic heterocycles. The number of aryl methyl sites for hydroxylation is 1. The highest BCUT2D eigenvalue weighted by molar-refractivity contribution is 6.31. The molecule has 0 unspecified atom stereocenters. The van der Waals surface area contributed by atoms with Crippen LogP contribution in [0.4, 0.5) is 0 Å². The zero-order valence-electron chi connectivity index (χ0n) is 9.27. The Morgan fingerprint density at radius 3 is 2.71 bits per heavy atom. The van der Waals surface area contributed by atoms with Gasteiger partial charge in [0, 0.05) is 10.6 Å². The van der Waals surface area contributed by atoms with Crippen LogP contribution in [0.5, 0.6) is 0 Å². The Labute approximate surface area is 104 Å². The largest absolute Gasteiger partial charge is 0.436 e. The number of oxazole rings is 1. The number of rotatable bonds is 1. The lowest BCUT2D eigenvalue weighted by molar-refractivity contribution is 0.620. The minimum Gasteiger partial charge on any atom is -0.436 e. The summed E-state index contributed by atoms with van der Waals surface area (Å²) in [6, 6.07) is 13.5. The van der Waals surface area contributed by atoms with E-state index in [2.05, 4.69) is 4.98 Å². The number of hydrogen-bond acceptors (Lipinski definition) is 2. The number of nitrogens with zero attached hydrogens (tertiary/aromatic N) is 1. The summed E-state index contributed by atoms with van der Waals surface area (Å²) in [5.41, 5.74) is 3.64. The number of fused-ring (bicyclic) bond motifs is 1. The minimum absolute atomic E-state index is 0.631. The van der Waals surface area contributed by atoms with E-state index in [9.17, 15) is 0 Å². The van der Waals surface area contributed by atoms with Gasteiger partial charge in [-0.1, -0.05) is 23.7 Å². The van der Waals surface area contributed by atoms with Crippen molar-refractivity contribution in [3.05, 3.63) is 53.1 Å². The Morgan fingerprint density at radius 2 is 1.94 bits per heavy atom. The van der Waals surface area contributed by atoms with Crippen LogP contribution in [0.15, 0.2) is 46.9 Å². The molecule has 0 atom stereocenters. The first-order valence-corrected chi connectivity index (χ1v) is 5.74. The fourth-order valence-corrected chi connectivity index (χ4v) is 1.89. The smallest absolute Gasteiger partial charge is 0.227 e. The summed E-state index contributed by atoms with van der Waals surface area (Å²) in [6.45, 7) is 1.97. The molecule has 0 radical (unpaired) electrons. The van der Waals surface area contributed by atoms with Crippen molar-refractivity contribution in [2.75, 3.05) is 0 Å². The van der Waals surface area contributed by atoms with Gasteiger partial charge in [0.05, 0.1) is 0 Å². The first-order chi connectivity index (χ1) is 8.24. The third-order valence-electron chi connectivity index (χ3n) is 2.70. The van der Waals surface area contributed by atoms with Crippen molar-refractivity contribution in [1.29, 1.82) is 0 Å². The average molecular weight is 244 g/mol. The summed E-state index contributed by atoms with van der Waals surface area (Å²) in [5, 5.41) is 0.755. The van der Waals surface area contributed by atoms with E-state index < -0.39 is 0 Å². The van der Waals surface area contributed by atoms with Crippen molar-refractivity contribution in [3.63, 3.8) is 0 Å². The highest BCUT2D eigenvalue weighted by atomic mass is 35.5. The van der Waals surface area contributed by atoms with Crippen LogP contribution < -0.4 is 0 Å². The van der Waals surface area contributed by atoms with Gasteiger partial charge in [0.25, 0.3) is 0 Å². The Balaban J connectivity index is 2.17. The topological polar surface area (TPSA) is 26.0 Å². The molecule has 0 aliphatic rings. The highest BCUT2D eigenvalue weighted by Crippen LogP contribution is 2.27. The highest BCUT2D eigenvalue weighted by Gasteiger charge is 2.08. The van der Waals surface area contributed by atoms with Crippen LogP contribution in [-0.2, 0) is 0 Å². The van der Waals surface area contributed by atoms with Crippen LogP contribution in [-0.4, -0.2) is 4.98 Å². The van der Waals surface area contributed by atoms with E-state index in [4.69, 9.17) is 16.0 Å². The molecular formula is C14H10ClNO. The molecule has 0 saturated heterocycles. The second-order valence-corrected chi connectivity index (χ2v) is 4.36. The Kier molecular flexibility index (Phi) is 2.37. The molecule has 2 nitrogen and oxygen atoms in total. The van der Waals surface area contributed by atoms with Crippen molar-refractivity contribution >= 4 is 22.7 Å². The summed E-state index contributed by atoms with van der Waals surface area (Å²) >= 11 is 6.00. The standard InChI is InChI=1S/C14H10ClNO/c1-9-8-10(6-7-11(9)15)14-16-12-4-2-3-5-13(12)17-14/h2-8H,1H3. The van der Waals surface area contributed by atoms with Gasteiger partial charge in [-0.25, -0.2) is 4.98 Å². The lowest BCUT2D eigenvalue weighted by Gasteiger charge is -1.99.